The Morgan fingerprint density at radius 2 is 2.16 bits per heavy atom. The van der Waals surface area contributed by atoms with Crippen LogP contribution in [0.4, 0.5) is 0 Å². The minimum atomic E-state index is -2.01. The quantitative estimate of drug-likeness (QED) is 0.715. The molecule has 0 radical (unpaired) electrons. The van der Waals surface area contributed by atoms with E-state index in [1.807, 2.05) is 0 Å². The van der Waals surface area contributed by atoms with Crippen molar-refractivity contribution in [1.82, 2.24) is 5.32 Å². The van der Waals surface area contributed by atoms with Crippen LogP contribution in [0, 0.1) is 0 Å². The van der Waals surface area contributed by atoms with Gasteiger partial charge in [0, 0.05) is 5.02 Å². The third-order valence-electron chi connectivity index (χ3n) is 2.26. The summed E-state index contributed by atoms with van der Waals surface area (Å²) in [5.41, 5.74) is -2.01. The van der Waals surface area contributed by atoms with Gasteiger partial charge in [-0.05, 0) is 25.1 Å². The van der Waals surface area contributed by atoms with Crippen molar-refractivity contribution in [1.29, 1.82) is 0 Å². The van der Waals surface area contributed by atoms with Gasteiger partial charge < -0.3 is 20.3 Å². The van der Waals surface area contributed by atoms with Crippen molar-refractivity contribution in [2.45, 2.75) is 12.5 Å². The van der Waals surface area contributed by atoms with Gasteiger partial charge >= 0.3 is 5.97 Å². The van der Waals surface area contributed by atoms with E-state index >= 15 is 0 Å². The monoisotopic (exact) mass is 287 g/mol. The number of hydrogen-bond donors (Lipinski definition) is 3. The number of rotatable bonds is 6. The van der Waals surface area contributed by atoms with Crippen LogP contribution in [0.15, 0.2) is 24.3 Å². The molecule has 19 heavy (non-hydrogen) atoms. The third-order valence-corrected chi connectivity index (χ3v) is 2.49. The molecule has 0 spiro atoms. The first-order valence-electron chi connectivity index (χ1n) is 5.42. The number of aliphatic hydroxyl groups is 1. The second-order valence-electron chi connectivity index (χ2n) is 4.10. The average Bonchev–Trinajstić information content (AvgIpc) is 2.34. The fraction of sp³-hybridized carbons (Fsp3) is 0.333. The van der Waals surface area contributed by atoms with Crippen molar-refractivity contribution in [2.24, 2.45) is 0 Å². The van der Waals surface area contributed by atoms with Gasteiger partial charge in [0.2, 0.25) is 0 Å². The summed E-state index contributed by atoms with van der Waals surface area (Å²) >= 11 is 5.74. The number of carboxylic acid groups (broad SMARTS) is 1. The van der Waals surface area contributed by atoms with Gasteiger partial charge in [-0.1, -0.05) is 17.7 Å². The van der Waals surface area contributed by atoms with Gasteiger partial charge in [0.05, 0.1) is 6.54 Å². The van der Waals surface area contributed by atoms with Gasteiger partial charge in [0.25, 0.3) is 5.91 Å². The number of amides is 1. The maximum atomic E-state index is 11.4. The molecular formula is C12H14ClNO5. The Labute approximate surface area is 114 Å². The van der Waals surface area contributed by atoms with E-state index in [1.54, 1.807) is 24.3 Å². The van der Waals surface area contributed by atoms with E-state index in [0.29, 0.717) is 10.8 Å². The molecule has 0 aromatic heterocycles. The molecule has 1 aromatic carbocycles. The predicted molar refractivity (Wildman–Crippen MR) is 68.2 cm³/mol. The highest BCUT2D eigenvalue weighted by Gasteiger charge is 2.30. The Morgan fingerprint density at radius 3 is 2.74 bits per heavy atom. The van der Waals surface area contributed by atoms with Gasteiger partial charge in [-0.3, -0.25) is 4.79 Å². The molecular weight excluding hydrogens is 274 g/mol. The van der Waals surface area contributed by atoms with Crippen LogP contribution in [0.1, 0.15) is 6.92 Å². The first-order chi connectivity index (χ1) is 8.81. The van der Waals surface area contributed by atoms with E-state index in [1.165, 1.54) is 0 Å². The molecule has 6 nitrogen and oxygen atoms in total. The molecule has 1 unspecified atom stereocenters. The van der Waals surface area contributed by atoms with E-state index in [2.05, 4.69) is 5.32 Å². The minimum absolute atomic E-state index is 0.296. The summed E-state index contributed by atoms with van der Waals surface area (Å²) in [6.07, 6.45) is 0. The van der Waals surface area contributed by atoms with Crippen molar-refractivity contribution < 1.29 is 24.5 Å². The summed E-state index contributed by atoms with van der Waals surface area (Å²) in [4.78, 5) is 22.0. The Balaban J connectivity index is 2.39. The van der Waals surface area contributed by atoms with Crippen LogP contribution in [0.3, 0.4) is 0 Å². The number of ether oxygens (including phenoxy) is 1. The first-order valence-corrected chi connectivity index (χ1v) is 5.80. The molecule has 0 bridgehead atoms. The van der Waals surface area contributed by atoms with Crippen LogP contribution in [-0.4, -0.2) is 40.8 Å². The molecule has 1 rings (SSSR count). The van der Waals surface area contributed by atoms with Crippen molar-refractivity contribution in [2.75, 3.05) is 13.2 Å². The van der Waals surface area contributed by atoms with E-state index in [9.17, 15) is 14.7 Å². The van der Waals surface area contributed by atoms with Crippen LogP contribution in [-0.2, 0) is 9.59 Å². The third kappa shape index (κ3) is 5.15. The van der Waals surface area contributed by atoms with E-state index in [-0.39, 0.29) is 6.61 Å². The SMILES string of the molecule is CC(O)(CNC(=O)COc1cccc(Cl)c1)C(=O)O. The number of carbonyl (C=O) groups is 2. The molecule has 1 amide bonds. The minimum Gasteiger partial charge on any atom is -0.484 e. The number of nitrogens with one attached hydrogen (secondary N) is 1. The largest absolute Gasteiger partial charge is 0.484 e. The van der Waals surface area contributed by atoms with Crippen molar-refractivity contribution >= 4 is 23.5 Å². The number of hydrogen-bond acceptors (Lipinski definition) is 4. The lowest BCUT2D eigenvalue weighted by atomic mass is 10.1. The zero-order valence-electron chi connectivity index (χ0n) is 10.2. The fourth-order valence-corrected chi connectivity index (χ4v) is 1.28. The molecule has 3 N–H and O–H groups in total. The molecule has 0 saturated carbocycles. The molecule has 7 heteroatoms. The van der Waals surface area contributed by atoms with Crippen LogP contribution in [0.5, 0.6) is 5.75 Å². The molecule has 0 aliphatic carbocycles. The Hall–Kier alpha value is -1.79. The lowest BCUT2D eigenvalue weighted by Crippen LogP contribution is -2.47. The zero-order valence-corrected chi connectivity index (χ0v) is 11.0. The summed E-state index contributed by atoms with van der Waals surface area (Å²) in [7, 11) is 0. The van der Waals surface area contributed by atoms with Gasteiger partial charge in [0.15, 0.2) is 12.2 Å². The zero-order chi connectivity index (χ0) is 14.5. The molecule has 0 heterocycles. The molecule has 1 atom stereocenters. The lowest BCUT2D eigenvalue weighted by molar-refractivity contribution is -0.156. The highest BCUT2D eigenvalue weighted by molar-refractivity contribution is 6.30. The van der Waals surface area contributed by atoms with E-state index in [4.69, 9.17) is 21.4 Å². The number of benzene rings is 1. The standard InChI is InChI=1S/C12H14ClNO5/c1-12(18,11(16)17)7-14-10(15)6-19-9-4-2-3-8(13)5-9/h2-5,18H,6-7H2,1H3,(H,14,15)(H,16,17). The van der Waals surface area contributed by atoms with E-state index < -0.39 is 24.0 Å². The van der Waals surface area contributed by atoms with Gasteiger partial charge in [0.1, 0.15) is 5.75 Å². The number of carboxylic acids is 1. The van der Waals surface area contributed by atoms with Gasteiger partial charge in [-0.15, -0.1) is 0 Å². The molecule has 104 valence electrons. The van der Waals surface area contributed by atoms with Crippen LogP contribution in [0.2, 0.25) is 5.02 Å². The molecule has 0 aliphatic heterocycles. The Bertz CT molecular complexity index is 475. The maximum Gasteiger partial charge on any atom is 0.337 e. The number of aliphatic carboxylic acids is 1. The highest BCUT2D eigenvalue weighted by atomic mass is 35.5. The molecule has 1 aromatic rings. The van der Waals surface area contributed by atoms with Gasteiger partial charge in [-0.25, -0.2) is 4.79 Å². The topological polar surface area (TPSA) is 95.9 Å². The van der Waals surface area contributed by atoms with Crippen molar-refractivity contribution in [3.8, 4) is 5.75 Å². The molecule has 0 fully saturated rings. The second-order valence-corrected chi connectivity index (χ2v) is 4.54. The van der Waals surface area contributed by atoms with E-state index in [0.717, 1.165) is 6.92 Å². The summed E-state index contributed by atoms with van der Waals surface area (Å²) in [6.45, 7) is 0.392. The van der Waals surface area contributed by atoms with Crippen molar-refractivity contribution in [3.05, 3.63) is 29.3 Å². The first kappa shape index (κ1) is 15.3. The summed E-state index contributed by atoms with van der Waals surface area (Å²) in [6, 6.07) is 6.51. The highest BCUT2D eigenvalue weighted by Crippen LogP contribution is 2.16. The molecule has 0 aliphatic rings. The Morgan fingerprint density at radius 1 is 1.47 bits per heavy atom. The molecule has 0 saturated heterocycles. The van der Waals surface area contributed by atoms with Crippen LogP contribution >= 0.6 is 11.6 Å². The van der Waals surface area contributed by atoms with Crippen LogP contribution in [0.25, 0.3) is 0 Å². The lowest BCUT2D eigenvalue weighted by Gasteiger charge is -2.18. The normalized spacial score (nSPS) is 13.4. The Kier molecular flexibility index (Phi) is 5.14. The smallest absolute Gasteiger partial charge is 0.337 e. The average molecular weight is 288 g/mol. The fourth-order valence-electron chi connectivity index (χ4n) is 1.10. The van der Waals surface area contributed by atoms with Crippen molar-refractivity contribution in [3.63, 3.8) is 0 Å². The summed E-state index contributed by atoms with van der Waals surface area (Å²) in [5.74, 6) is -1.53. The van der Waals surface area contributed by atoms with Crippen LogP contribution < -0.4 is 10.1 Å². The number of halogens is 1. The summed E-state index contributed by atoms with van der Waals surface area (Å²) in [5, 5.41) is 20.8. The second kappa shape index (κ2) is 6.40. The van der Waals surface area contributed by atoms with Gasteiger partial charge in [-0.2, -0.15) is 0 Å². The predicted octanol–water partition coefficient (Wildman–Crippen LogP) is 0.671. The summed E-state index contributed by atoms with van der Waals surface area (Å²) < 4.78 is 5.15. The maximum absolute atomic E-state index is 11.4. The number of carbonyl (C=O) groups excluding carboxylic acids is 1.